The van der Waals surface area contributed by atoms with Gasteiger partial charge in [-0.25, -0.2) is 4.68 Å². The van der Waals surface area contributed by atoms with E-state index >= 15 is 0 Å². The van der Waals surface area contributed by atoms with Crippen molar-refractivity contribution < 1.29 is 0 Å². The molecule has 1 aromatic heterocycles. The monoisotopic (exact) mass is 501 g/mol. The summed E-state index contributed by atoms with van der Waals surface area (Å²) in [6, 6.07) is 21.2. The van der Waals surface area contributed by atoms with Crippen molar-refractivity contribution in [2.24, 2.45) is 10.9 Å². The molecule has 0 bridgehead atoms. The van der Waals surface area contributed by atoms with Gasteiger partial charge in [0.05, 0.1) is 5.69 Å². The number of hydrogen-bond donors (Lipinski definition) is 2. The highest BCUT2D eigenvalue weighted by atomic mass is 127. The first-order chi connectivity index (χ1) is 13.8. The summed E-state index contributed by atoms with van der Waals surface area (Å²) in [7, 11) is 1.83. The number of aliphatic imine (C=N–C) groups is 1. The van der Waals surface area contributed by atoms with Gasteiger partial charge in [-0.3, -0.25) is 4.99 Å². The smallest absolute Gasteiger partial charge is 0.190 e. The Morgan fingerprint density at radius 1 is 1.07 bits per heavy atom. The summed E-state index contributed by atoms with van der Waals surface area (Å²) in [5.74, 6) is 2.28. The number of hydrogen-bond acceptors (Lipinski definition) is 2. The maximum atomic E-state index is 4.35. The Hall–Kier alpha value is -2.35. The molecule has 29 heavy (non-hydrogen) atoms. The number of halogens is 1. The zero-order valence-electron chi connectivity index (χ0n) is 16.7. The van der Waals surface area contributed by atoms with E-state index in [0.717, 1.165) is 31.2 Å². The predicted octanol–water partition coefficient (Wildman–Crippen LogP) is 4.00. The third kappa shape index (κ3) is 5.82. The lowest BCUT2D eigenvalue weighted by Gasteiger charge is -2.12. The van der Waals surface area contributed by atoms with E-state index in [-0.39, 0.29) is 24.0 Å². The Kier molecular flexibility index (Phi) is 7.69. The van der Waals surface area contributed by atoms with Crippen molar-refractivity contribution in [3.63, 3.8) is 0 Å². The highest BCUT2D eigenvalue weighted by molar-refractivity contribution is 14.0. The van der Waals surface area contributed by atoms with Crippen molar-refractivity contribution in [2.45, 2.75) is 18.8 Å². The lowest BCUT2D eigenvalue weighted by Crippen LogP contribution is -2.39. The number of aromatic nitrogens is 2. The van der Waals surface area contributed by atoms with Crippen LogP contribution in [-0.2, 0) is 6.42 Å². The minimum atomic E-state index is 0. The fourth-order valence-corrected chi connectivity index (χ4v) is 3.59. The van der Waals surface area contributed by atoms with Crippen molar-refractivity contribution in [3.8, 4) is 5.69 Å². The van der Waals surface area contributed by atoms with E-state index in [4.69, 9.17) is 0 Å². The van der Waals surface area contributed by atoms with Gasteiger partial charge >= 0.3 is 0 Å². The minimum absolute atomic E-state index is 0. The van der Waals surface area contributed by atoms with Gasteiger partial charge in [0.25, 0.3) is 0 Å². The molecule has 1 fully saturated rings. The van der Waals surface area contributed by atoms with Gasteiger partial charge in [0.1, 0.15) is 0 Å². The van der Waals surface area contributed by atoms with Crippen LogP contribution in [0.2, 0.25) is 0 Å². The van der Waals surface area contributed by atoms with Crippen molar-refractivity contribution in [1.82, 2.24) is 20.4 Å². The van der Waals surface area contributed by atoms with Crippen LogP contribution in [0, 0.1) is 5.92 Å². The number of nitrogens with one attached hydrogen (secondary N) is 2. The van der Waals surface area contributed by atoms with E-state index < -0.39 is 0 Å². The Morgan fingerprint density at radius 2 is 1.86 bits per heavy atom. The van der Waals surface area contributed by atoms with Crippen LogP contribution in [0.4, 0.5) is 0 Å². The number of nitrogens with zero attached hydrogens (tertiary/aromatic N) is 3. The molecule has 6 heteroatoms. The summed E-state index contributed by atoms with van der Waals surface area (Å²) in [6.07, 6.45) is 5.96. The van der Waals surface area contributed by atoms with Crippen molar-refractivity contribution in [1.29, 1.82) is 0 Å². The van der Waals surface area contributed by atoms with Gasteiger partial charge in [-0.15, -0.1) is 24.0 Å². The van der Waals surface area contributed by atoms with Gasteiger partial charge in [-0.1, -0.05) is 42.5 Å². The SMILES string of the molecule is CN=C(NCCc1ccc(-n2cccn2)cc1)NCC1CC1c1ccccc1.I. The first-order valence-corrected chi connectivity index (χ1v) is 9.92. The second-order valence-corrected chi connectivity index (χ2v) is 7.26. The van der Waals surface area contributed by atoms with Crippen LogP contribution in [0.15, 0.2) is 78.0 Å². The molecule has 5 nitrogen and oxygen atoms in total. The zero-order chi connectivity index (χ0) is 19.2. The fourth-order valence-electron chi connectivity index (χ4n) is 3.59. The molecular formula is C23H28IN5. The molecule has 0 amide bonds. The molecule has 2 aromatic carbocycles. The summed E-state index contributed by atoms with van der Waals surface area (Å²) in [5, 5.41) is 11.1. The van der Waals surface area contributed by atoms with Gasteiger partial charge in [-0.05, 0) is 54.0 Å². The average molecular weight is 501 g/mol. The molecule has 0 aliphatic heterocycles. The van der Waals surface area contributed by atoms with E-state index in [2.05, 4.69) is 75.3 Å². The minimum Gasteiger partial charge on any atom is -0.356 e. The summed E-state index contributed by atoms with van der Waals surface area (Å²) in [5.41, 5.74) is 3.83. The largest absolute Gasteiger partial charge is 0.356 e. The van der Waals surface area contributed by atoms with Crippen molar-refractivity contribution in [3.05, 3.63) is 84.2 Å². The standard InChI is InChI=1S/C23H27N5.HI/c1-24-23(26-17-20-16-22(20)19-6-3-2-4-7-19)25-14-12-18-8-10-21(11-9-18)28-15-5-13-27-28;/h2-11,13,15,20,22H,12,14,16-17H2,1H3,(H2,24,25,26);1H. The highest BCUT2D eigenvalue weighted by Crippen LogP contribution is 2.46. The highest BCUT2D eigenvalue weighted by Gasteiger charge is 2.37. The summed E-state index contributed by atoms with van der Waals surface area (Å²) < 4.78 is 1.87. The fraction of sp³-hybridized carbons (Fsp3) is 0.304. The summed E-state index contributed by atoms with van der Waals surface area (Å²) in [4.78, 5) is 4.35. The first kappa shape index (κ1) is 21.4. The third-order valence-corrected chi connectivity index (χ3v) is 5.32. The molecule has 4 rings (SSSR count). The number of benzene rings is 2. The third-order valence-electron chi connectivity index (χ3n) is 5.32. The van der Waals surface area contributed by atoms with Crippen LogP contribution < -0.4 is 10.6 Å². The second-order valence-electron chi connectivity index (χ2n) is 7.26. The van der Waals surface area contributed by atoms with Crippen molar-refractivity contribution in [2.75, 3.05) is 20.1 Å². The number of rotatable bonds is 7. The lowest BCUT2D eigenvalue weighted by molar-refractivity contribution is 0.717. The van der Waals surface area contributed by atoms with Crippen LogP contribution >= 0.6 is 24.0 Å². The maximum absolute atomic E-state index is 4.35. The van der Waals surface area contributed by atoms with Crippen LogP contribution in [0.5, 0.6) is 0 Å². The topological polar surface area (TPSA) is 54.2 Å². The van der Waals surface area contributed by atoms with E-state index in [1.54, 1.807) is 6.20 Å². The van der Waals surface area contributed by atoms with E-state index in [0.29, 0.717) is 11.8 Å². The molecule has 1 aliphatic rings. The molecule has 1 aliphatic carbocycles. The second kappa shape index (κ2) is 10.4. The Morgan fingerprint density at radius 3 is 2.55 bits per heavy atom. The quantitative estimate of drug-likeness (QED) is 0.293. The molecule has 2 unspecified atom stereocenters. The molecule has 1 heterocycles. The van der Waals surface area contributed by atoms with Gasteiger partial charge in [0.2, 0.25) is 0 Å². The molecule has 0 radical (unpaired) electrons. The Labute approximate surface area is 189 Å². The predicted molar refractivity (Wildman–Crippen MR) is 129 cm³/mol. The van der Waals surface area contributed by atoms with Crippen LogP contribution in [0.3, 0.4) is 0 Å². The van der Waals surface area contributed by atoms with E-state index in [1.807, 2.05) is 24.0 Å². The normalized spacial score (nSPS) is 18.0. The molecule has 2 atom stereocenters. The average Bonchev–Trinajstić information content (AvgIpc) is 3.32. The Balaban J connectivity index is 0.00000240. The van der Waals surface area contributed by atoms with Gasteiger partial charge in [-0.2, -0.15) is 5.10 Å². The molecule has 152 valence electrons. The molecular weight excluding hydrogens is 473 g/mol. The first-order valence-electron chi connectivity index (χ1n) is 9.92. The molecule has 0 saturated heterocycles. The van der Waals surface area contributed by atoms with Crippen LogP contribution in [0.25, 0.3) is 5.69 Å². The molecule has 0 spiro atoms. The summed E-state index contributed by atoms with van der Waals surface area (Å²) in [6.45, 7) is 1.82. The molecule has 1 saturated carbocycles. The van der Waals surface area contributed by atoms with Crippen LogP contribution in [-0.4, -0.2) is 35.9 Å². The number of guanidine groups is 1. The Bertz CT molecular complexity index is 891. The summed E-state index contributed by atoms with van der Waals surface area (Å²) >= 11 is 0. The van der Waals surface area contributed by atoms with Crippen LogP contribution in [0.1, 0.15) is 23.5 Å². The van der Waals surface area contributed by atoms with Gasteiger partial charge < -0.3 is 10.6 Å². The zero-order valence-corrected chi connectivity index (χ0v) is 19.0. The maximum Gasteiger partial charge on any atom is 0.190 e. The molecule has 3 aromatic rings. The van der Waals surface area contributed by atoms with E-state index in [1.165, 1.54) is 17.5 Å². The van der Waals surface area contributed by atoms with Gasteiger partial charge in [0.15, 0.2) is 5.96 Å². The van der Waals surface area contributed by atoms with E-state index in [9.17, 15) is 0 Å². The van der Waals surface area contributed by atoms with Crippen molar-refractivity contribution >= 4 is 29.9 Å². The lowest BCUT2D eigenvalue weighted by atomic mass is 10.1. The van der Waals surface area contributed by atoms with Gasteiger partial charge in [0, 0.05) is 32.5 Å². The molecule has 2 N–H and O–H groups in total.